The van der Waals surface area contributed by atoms with Gasteiger partial charge in [-0.2, -0.15) is 5.10 Å². The number of nitrogens with two attached hydrogens (primary N) is 1. The average molecular weight is 329 g/mol. The molecule has 2 N–H and O–H groups in total. The zero-order valence-corrected chi connectivity index (χ0v) is 15.2. The summed E-state index contributed by atoms with van der Waals surface area (Å²) in [6.45, 7) is 19.3. The van der Waals surface area contributed by atoms with Crippen LogP contribution in [0.5, 0.6) is 0 Å². The number of aryl methyl sites for hydroxylation is 1. The van der Waals surface area contributed by atoms with Crippen molar-refractivity contribution in [3.8, 4) is 0 Å². The van der Waals surface area contributed by atoms with Crippen LogP contribution in [0.3, 0.4) is 0 Å². The van der Waals surface area contributed by atoms with E-state index in [1.54, 1.807) is 11.7 Å². The van der Waals surface area contributed by atoms with Crippen molar-refractivity contribution in [1.29, 1.82) is 0 Å². The van der Waals surface area contributed by atoms with Crippen molar-refractivity contribution in [3.05, 3.63) is 22.8 Å². The van der Waals surface area contributed by atoms with Gasteiger partial charge in [0.15, 0.2) is 5.69 Å². The average Bonchev–Trinajstić information content (AvgIpc) is 2.98. The lowest BCUT2D eigenvalue weighted by Gasteiger charge is -2.15. The first-order chi connectivity index (χ1) is 11.0. The maximum absolute atomic E-state index is 7.38. The standard InChI is InChI=1S/C16H23N7O/c1-15(2,3)11-9(13(17)23(8)21-11)19-20-14-10(18-7)12(22-24-14)16(4,5)6/h17H2,1-6,8H3. The predicted molar refractivity (Wildman–Crippen MR) is 92.0 cm³/mol. The second kappa shape index (κ2) is 5.74. The number of hydrogen-bond donors (Lipinski definition) is 1. The third-order valence-electron chi connectivity index (χ3n) is 3.49. The minimum atomic E-state index is -0.318. The Morgan fingerprint density at radius 3 is 2.17 bits per heavy atom. The number of nitrogen functional groups attached to an aromatic ring is 1. The minimum absolute atomic E-state index is 0.0815. The lowest BCUT2D eigenvalue weighted by molar-refractivity contribution is 0.399. The van der Waals surface area contributed by atoms with Crippen molar-refractivity contribution in [3.63, 3.8) is 0 Å². The van der Waals surface area contributed by atoms with Gasteiger partial charge in [-0.3, -0.25) is 4.68 Å². The number of rotatable bonds is 2. The van der Waals surface area contributed by atoms with Gasteiger partial charge < -0.3 is 10.3 Å². The monoisotopic (exact) mass is 329 g/mol. The van der Waals surface area contributed by atoms with Crippen LogP contribution in [0.1, 0.15) is 52.9 Å². The highest BCUT2D eigenvalue weighted by atomic mass is 16.5. The minimum Gasteiger partial charge on any atom is -0.382 e. The number of hydrogen-bond acceptors (Lipinski definition) is 6. The van der Waals surface area contributed by atoms with Gasteiger partial charge in [-0.1, -0.05) is 46.7 Å². The summed E-state index contributed by atoms with van der Waals surface area (Å²) < 4.78 is 6.78. The maximum atomic E-state index is 7.38. The molecule has 2 heterocycles. The molecule has 0 bridgehead atoms. The summed E-state index contributed by atoms with van der Waals surface area (Å²) in [5, 5.41) is 16.7. The van der Waals surface area contributed by atoms with Crippen LogP contribution in [0.2, 0.25) is 0 Å². The molecule has 2 aromatic rings. The Kier molecular flexibility index (Phi) is 4.23. The summed E-state index contributed by atoms with van der Waals surface area (Å²) in [5.41, 5.74) is 7.52. The normalized spacial score (nSPS) is 12.8. The van der Waals surface area contributed by atoms with E-state index in [0.29, 0.717) is 17.2 Å². The summed E-state index contributed by atoms with van der Waals surface area (Å²) >= 11 is 0. The molecule has 2 rings (SSSR count). The van der Waals surface area contributed by atoms with Crippen molar-refractivity contribution in [2.45, 2.75) is 52.4 Å². The van der Waals surface area contributed by atoms with Gasteiger partial charge in [0.1, 0.15) is 5.82 Å². The largest absolute Gasteiger partial charge is 0.382 e. The SMILES string of the molecule is [C-]#[N+]c1c(C(C)(C)C)noc1N=Nc1c(C(C)(C)C)nn(C)c1N. The molecular formula is C16H23N7O. The summed E-state index contributed by atoms with van der Waals surface area (Å²) in [4.78, 5) is 3.50. The fourth-order valence-corrected chi connectivity index (χ4v) is 2.16. The van der Waals surface area contributed by atoms with E-state index >= 15 is 0 Å². The topological polar surface area (TPSA) is 99.0 Å². The van der Waals surface area contributed by atoms with Crippen LogP contribution in [0.15, 0.2) is 14.8 Å². The molecule has 0 atom stereocenters. The van der Waals surface area contributed by atoms with Crippen LogP contribution in [0, 0.1) is 6.57 Å². The van der Waals surface area contributed by atoms with Gasteiger partial charge in [0.05, 0.1) is 18.0 Å². The first kappa shape index (κ1) is 17.7. The second-order valence-corrected chi connectivity index (χ2v) is 7.70. The number of nitrogens with zero attached hydrogens (tertiary/aromatic N) is 6. The Labute approximate surface area is 141 Å². The highest BCUT2D eigenvalue weighted by molar-refractivity contribution is 5.66. The van der Waals surface area contributed by atoms with E-state index in [1.807, 2.05) is 41.5 Å². The fourth-order valence-electron chi connectivity index (χ4n) is 2.16. The second-order valence-electron chi connectivity index (χ2n) is 7.70. The zero-order chi connectivity index (χ0) is 18.3. The molecule has 0 saturated heterocycles. The molecule has 0 amide bonds. The van der Waals surface area contributed by atoms with Gasteiger partial charge in [0, 0.05) is 12.5 Å². The van der Waals surface area contributed by atoms with Crippen molar-refractivity contribution >= 4 is 23.1 Å². The van der Waals surface area contributed by atoms with Crippen LogP contribution in [0.4, 0.5) is 23.1 Å². The first-order valence-electron chi connectivity index (χ1n) is 7.59. The molecule has 0 aliphatic carbocycles. The third-order valence-corrected chi connectivity index (χ3v) is 3.49. The van der Waals surface area contributed by atoms with E-state index < -0.39 is 0 Å². The van der Waals surface area contributed by atoms with Crippen LogP contribution in [-0.2, 0) is 17.9 Å². The number of anilines is 1. The van der Waals surface area contributed by atoms with E-state index in [4.69, 9.17) is 16.8 Å². The number of azo groups is 1. The molecule has 2 aromatic heterocycles. The molecule has 0 saturated carbocycles. The lowest BCUT2D eigenvalue weighted by Crippen LogP contribution is -2.12. The van der Waals surface area contributed by atoms with Crippen LogP contribution in [0.25, 0.3) is 4.85 Å². The Balaban J connectivity index is 2.51. The Hall–Kier alpha value is -2.69. The smallest absolute Gasteiger partial charge is 0.277 e. The highest BCUT2D eigenvalue weighted by Gasteiger charge is 2.28. The summed E-state index contributed by atoms with van der Waals surface area (Å²) in [7, 11) is 1.75. The van der Waals surface area contributed by atoms with Crippen molar-refractivity contribution < 1.29 is 4.52 Å². The van der Waals surface area contributed by atoms with Gasteiger partial charge >= 0.3 is 0 Å². The summed E-state index contributed by atoms with van der Waals surface area (Å²) in [6, 6.07) is 0. The van der Waals surface area contributed by atoms with Crippen molar-refractivity contribution in [2.75, 3.05) is 5.73 Å². The molecular weight excluding hydrogens is 306 g/mol. The Bertz CT molecular complexity index is 822. The molecule has 0 radical (unpaired) electrons. The number of aromatic nitrogens is 3. The molecule has 0 aliphatic rings. The van der Waals surface area contributed by atoms with E-state index in [1.165, 1.54) is 0 Å². The van der Waals surface area contributed by atoms with Crippen molar-refractivity contribution in [1.82, 2.24) is 14.9 Å². The Morgan fingerprint density at radius 1 is 1.08 bits per heavy atom. The van der Waals surface area contributed by atoms with Gasteiger partial charge in [0.25, 0.3) is 11.6 Å². The van der Waals surface area contributed by atoms with E-state index in [-0.39, 0.29) is 22.4 Å². The van der Waals surface area contributed by atoms with Gasteiger partial charge in [-0.05, 0) is 5.41 Å². The molecule has 128 valence electrons. The summed E-state index contributed by atoms with van der Waals surface area (Å²) in [6.07, 6.45) is 0. The predicted octanol–water partition coefficient (Wildman–Crippen LogP) is 4.55. The van der Waals surface area contributed by atoms with Gasteiger partial charge in [-0.15, -0.1) is 10.2 Å². The maximum Gasteiger partial charge on any atom is 0.277 e. The third kappa shape index (κ3) is 3.15. The molecule has 8 heteroatoms. The van der Waals surface area contributed by atoms with E-state index in [9.17, 15) is 0 Å². The lowest BCUT2D eigenvalue weighted by atomic mass is 9.91. The molecule has 24 heavy (non-hydrogen) atoms. The molecule has 0 fully saturated rings. The van der Waals surface area contributed by atoms with E-state index in [2.05, 4.69) is 25.3 Å². The fraction of sp³-hybridized carbons (Fsp3) is 0.562. The van der Waals surface area contributed by atoms with Crippen LogP contribution in [-0.4, -0.2) is 14.9 Å². The molecule has 8 nitrogen and oxygen atoms in total. The van der Waals surface area contributed by atoms with Gasteiger partial charge in [0.2, 0.25) is 0 Å². The van der Waals surface area contributed by atoms with Crippen molar-refractivity contribution in [2.24, 2.45) is 17.3 Å². The first-order valence-corrected chi connectivity index (χ1v) is 7.59. The van der Waals surface area contributed by atoms with Crippen LogP contribution >= 0.6 is 0 Å². The zero-order valence-electron chi connectivity index (χ0n) is 15.2. The molecule has 0 spiro atoms. The Morgan fingerprint density at radius 2 is 1.67 bits per heavy atom. The van der Waals surface area contributed by atoms with Crippen LogP contribution < -0.4 is 5.73 Å². The molecule has 0 unspecified atom stereocenters. The highest BCUT2D eigenvalue weighted by Crippen LogP contribution is 2.41. The quantitative estimate of drug-likeness (QED) is 0.645. The van der Waals surface area contributed by atoms with Gasteiger partial charge in [-0.25, -0.2) is 4.85 Å². The molecule has 0 aromatic carbocycles. The van der Waals surface area contributed by atoms with E-state index in [0.717, 1.165) is 5.69 Å². The summed E-state index contributed by atoms with van der Waals surface area (Å²) in [5.74, 6) is 0.488. The molecule has 0 aliphatic heterocycles.